The van der Waals surface area contributed by atoms with Crippen LogP contribution in [0.25, 0.3) is 0 Å². The molecule has 2 N–H and O–H groups in total. The predicted molar refractivity (Wildman–Crippen MR) is 58.8 cm³/mol. The van der Waals surface area contributed by atoms with Crippen molar-refractivity contribution in [3.8, 4) is 0 Å². The van der Waals surface area contributed by atoms with E-state index in [2.05, 4.69) is 21.2 Å². The minimum Gasteiger partial charge on any atom is -0.478 e. The zero-order valence-corrected chi connectivity index (χ0v) is 9.80. The number of carboxylic acid groups (broad SMARTS) is 1. The lowest BCUT2D eigenvalue weighted by Gasteiger charge is -2.06. The lowest BCUT2D eigenvalue weighted by molar-refractivity contribution is 0.0696. The van der Waals surface area contributed by atoms with Crippen molar-refractivity contribution < 1.29 is 18.7 Å². The number of hydrogen-bond donors (Lipinski definition) is 2. The Bertz CT molecular complexity index is 385. The second kappa shape index (κ2) is 5.91. The van der Waals surface area contributed by atoms with Gasteiger partial charge in [0.1, 0.15) is 0 Å². The van der Waals surface area contributed by atoms with E-state index < -0.39 is 18.9 Å². The summed E-state index contributed by atoms with van der Waals surface area (Å²) < 4.78 is 24.3. The minimum absolute atomic E-state index is 0.128. The highest BCUT2D eigenvalue weighted by Gasteiger charge is 2.06. The van der Waals surface area contributed by atoms with Crippen molar-refractivity contribution in [1.29, 1.82) is 0 Å². The number of alkyl halides is 2. The first kappa shape index (κ1) is 13.1. The summed E-state index contributed by atoms with van der Waals surface area (Å²) in [4.78, 5) is 10.7. The summed E-state index contributed by atoms with van der Waals surface area (Å²) in [5.41, 5.74) is 0.774. The van der Waals surface area contributed by atoms with Crippen molar-refractivity contribution in [3.05, 3.63) is 33.8 Å². The Kier molecular flexibility index (Phi) is 4.82. The zero-order valence-electron chi connectivity index (χ0n) is 8.21. The molecule has 0 radical (unpaired) electrons. The average Bonchev–Trinajstić information content (AvgIpc) is 2.16. The van der Waals surface area contributed by atoms with Gasteiger partial charge in [0.2, 0.25) is 0 Å². The summed E-state index contributed by atoms with van der Waals surface area (Å²) >= 11 is 3.16. The van der Waals surface area contributed by atoms with Crippen LogP contribution in [0.3, 0.4) is 0 Å². The molecule has 0 saturated carbocycles. The van der Waals surface area contributed by atoms with Crippen molar-refractivity contribution in [2.24, 2.45) is 0 Å². The maximum atomic E-state index is 11.9. The van der Waals surface area contributed by atoms with Gasteiger partial charge in [-0.05, 0) is 23.8 Å². The van der Waals surface area contributed by atoms with E-state index in [0.717, 1.165) is 0 Å². The summed E-state index contributed by atoms with van der Waals surface area (Å²) in [5, 5.41) is 11.3. The molecule has 0 atom stereocenters. The molecule has 0 aliphatic rings. The maximum Gasteiger partial charge on any atom is 0.335 e. The number of aromatic carboxylic acids is 1. The first-order chi connectivity index (χ1) is 7.49. The number of halogens is 3. The van der Waals surface area contributed by atoms with Crippen LogP contribution in [0.4, 0.5) is 8.78 Å². The van der Waals surface area contributed by atoms with Crippen LogP contribution in [0.2, 0.25) is 0 Å². The normalized spacial score (nSPS) is 10.8. The van der Waals surface area contributed by atoms with Gasteiger partial charge in [-0.3, -0.25) is 0 Å². The minimum atomic E-state index is -2.41. The van der Waals surface area contributed by atoms with Crippen LogP contribution < -0.4 is 5.32 Å². The Labute approximate surface area is 99.6 Å². The number of benzene rings is 1. The monoisotopic (exact) mass is 293 g/mol. The highest BCUT2D eigenvalue weighted by atomic mass is 79.9. The van der Waals surface area contributed by atoms with E-state index in [-0.39, 0.29) is 12.1 Å². The van der Waals surface area contributed by atoms with Crippen molar-refractivity contribution in [1.82, 2.24) is 5.32 Å². The Balaban J connectivity index is 2.69. The van der Waals surface area contributed by atoms with E-state index in [9.17, 15) is 13.6 Å². The zero-order chi connectivity index (χ0) is 12.1. The third-order valence-corrected chi connectivity index (χ3v) is 2.29. The Morgan fingerprint density at radius 2 is 2.12 bits per heavy atom. The molecule has 0 aromatic heterocycles. The molecule has 0 bridgehead atoms. The standard InChI is InChI=1S/C10H10BrF2NO2/c11-8-2-6(4-14-5-9(12)13)1-7(3-8)10(15)16/h1-3,9,14H,4-5H2,(H,15,16). The van der Waals surface area contributed by atoms with E-state index in [1.54, 1.807) is 6.07 Å². The predicted octanol–water partition coefficient (Wildman–Crippen LogP) is 2.50. The molecule has 1 aromatic carbocycles. The molecule has 0 saturated heterocycles. The van der Waals surface area contributed by atoms with E-state index in [1.807, 2.05) is 0 Å². The van der Waals surface area contributed by atoms with Crippen molar-refractivity contribution in [2.75, 3.05) is 6.54 Å². The van der Waals surface area contributed by atoms with Crippen molar-refractivity contribution in [2.45, 2.75) is 13.0 Å². The molecule has 1 aromatic rings. The lowest BCUT2D eigenvalue weighted by atomic mass is 10.1. The molecule has 0 fully saturated rings. The van der Waals surface area contributed by atoms with E-state index in [4.69, 9.17) is 5.11 Å². The van der Waals surface area contributed by atoms with Gasteiger partial charge in [-0.2, -0.15) is 0 Å². The summed E-state index contributed by atoms with van der Waals surface area (Å²) in [7, 11) is 0. The molecule has 0 aliphatic heterocycles. The third-order valence-electron chi connectivity index (χ3n) is 1.83. The molecule has 1 rings (SSSR count). The quantitative estimate of drug-likeness (QED) is 0.877. The first-order valence-corrected chi connectivity index (χ1v) is 5.30. The number of carboxylic acids is 1. The van der Waals surface area contributed by atoms with Crippen LogP contribution in [0.15, 0.2) is 22.7 Å². The topological polar surface area (TPSA) is 49.3 Å². The van der Waals surface area contributed by atoms with Gasteiger partial charge in [-0.25, -0.2) is 13.6 Å². The SMILES string of the molecule is O=C(O)c1cc(Br)cc(CNCC(F)F)c1. The average molecular weight is 294 g/mol. The van der Waals surface area contributed by atoms with Crippen LogP contribution in [-0.4, -0.2) is 24.0 Å². The largest absolute Gasteiger partial charge is 0.478 e. The fourth-order valence-electron chi connectivity index (χ4n) is 1.20. The molecule has 6 heteroatoms. The fraction of sp³-hybridized carbons (Fsp3) is 0.300. The van der Waals surface area contributed by atoms with E-state index in [1.165, 1.54) is 12.1 Å². The Morgan fingerprint density at radius 1 is 1.44 bits per heavy atom. The molecule has 88 valence electrons. The molecular formula is C10H10BrF2NO2. The second-order valence-electron chi connectivity index (χ2n) is 3.18. The van der Waals surface area contributed by atoms with Gasteiger partial charge in [0, 0.05) is 11.0 Å². The summed E-state index contributed by atoms with van der Waals surface area (Å²) in [6.45, 7) is -0.195. The van der Waals surface area contributed by atoms with Crippen LogP contribution >= 0.6 is 15.9 Å². The maximum absolute atomic E-state index is 11.9. The van der Waals surface area contributed by atoms with Gasteiger partial charge in [-0.1, -0.05) is 15.9 Å². The lowest BCUT2D eigenvalue weighted by Crippen LogP contribution is -2.20. The second-order valence-corrected chi connectivity index (χ2v) is 4.09. The van der Waals surface area contributed by atoms with Crippen molar-refractivity contribution in [3.63, 3.8) is 0 Å². The number of nitrogens with one attached hydrogen (secondary N) is 1. The fourth-order valence-corrected chi connectivity index (χ4v) is 1.74. The molecule has 0 amide bonds. The molecular weight excluding hydrogens is 284 g/mol. The number of rotatable bonds is 5. The molecule has 16 heavy (non-hydrogen) atoms. The van der Waals surface area contributed by atoms with E-state index >= 15 is 0 Å². The molecule has 3 nitrogen and oxygen atoms in total. The summed E-state index contributed by atoms with van der Waals surface area (Å²) in [5.74, 6) is -1.04. The van der Waals surface area contributed by atoms with Crippen LogP contribution in [0, 0.1) is 0 Å². The Hall–Kier alpha value is -1.01. The van der Waals surface area contributed by atoms with Gasteiger partial charge in [0.25, 0.3) is 6.43 Å². The molecule has 0 unspecified atom stereocenters. The number of hydrogen-bond acceptors (Lipinski definition) is 2. The highest BCUT2D eigenvalue weighted by Crippen LogP contribution is 2.16. The van der Waals surface area contributed by atoms with Gasteiger partial charge in [0.05, 0.1) is 12.1 Å². The summed E-state index contributed by atoms with van der Waals surface area (Å²) in [6, 6.07) is 4.59. The van der Waals surface area contributed by atoms with Gasteiger partial charge in [-0.15, -0.1) is 0 Å². The first-order valence-electron chi connectivity index (χ1n) is 4.50. The Morgan fingerprint density at radius 3 is 2.69 bits per heavy atom. The molecule has 0 aliphatic carbocycles. The molecule has 0 heterocycles. The highest BCUT2D eigenvalue weighted by molar-refractivity contribution is 9.10. The van der Waals surface area contributed by atoms with Crippen LogP contribution in [0.1, 0.15) is 15.9 Å². The molecule has 0 spiro atoms. The van der Waals surface area contributed by atoms with Gasteiger partial charge >= 0.3 is 5.97 Å². The van der Waals surface area contributed by atoms with Gasteiger partial charge < -0.3 is 10.4 Å². The summed E-state index contributed by atoms with van der Waals surface area (Å²) in [6.07, 6.45) is -2.41. The number of carbonyl (C=O) groups is 1. The van der Waals surface area contributed by atoms with Crippen LogP contribution in [0.5, 0.6) is 0 Å². The van der Waals surface area contributed by atoms with Crippen molar-refractivity contribution >= 4 is 21.9 Å². The van der Waals surface area contributed by atoms with Crippen LogP contribution in [-0.2, 0) is 6.54 Å². The van der Waals surface area contributed by atoms with E-state index in [0.29, 0.717) is 10.0 Å². The third kappa shape index (κ3) is 4.24. The van der Waals surface area contributed by atoms with Gasteiger partial charge in [0.15, 0.2) is 0 Å². The smallest absolute Gasteiger partial charge is 0.335 e.